The zero-order valence-corrected chi connectivity index (χ0v) is 24.4. The molecule has 1 N–H and O–H groups in total. The van der Waals surface area contributed by atoms with Gasteiger partial charge in [-0.05, 0) is 68.7 Å². The topological polar surface area (TPSA) is 86.8 Å². The highest BCUT2D eigenvalue weighted by Gasteiger charge is 2.32. The van der Waals surface area contributed by atoms with Gasteiger partial charge in [0.25, 0.3) is 10.0 Å². The Labute approximate surface area is 236 Å². The van der Waals surface area contributed by atoms with Crippen molar-refractivity contribution in [1.82, 2.24) is 10.2 Å². The van der Waals surface area contributed by atoms with Crippen molar-refractivity contribution in [2.75, 3.05) is 17.4 Å². The van der Waals surface area contributed by atoms with E-state index in [1.165, 1.54) is 17.0 Å². The van der Waals surface area contributed by atoms with Crippen molar-refractivity contribution in [3.63, 3.8) is 0 Å². The van der Waals surface area contributed by atoms with Gasteiger partial charge in [0.15, 0.2) is 0 Å². The zero-order valence-electron chi connectivity index (χ0n) is 22.9. The molecule has 0 saturated carbocycles. The van der Waals surface area contributed by atoms with E-state index in [-0.39, 0.29) is 17.3 Å². The molecule has 1 atom stereocenters. The van der Waals surface area contributed by atoms with E-state index in [1.54, 1.807) is 61.5 Å². The second-order valence-corrected chi connectivity index (χ2v) is 11.9. The third kappa shape index (κ3) is 7.83. The first kappa shape index (κ1) is 30.2. The molecular weight excluding hydrogens is 534 g/mol. The average molecular weight is 570 g/mol. The summed E-state index contributed by atoms with van der Waals surface area (Å²) in [5, 5.41) is 3.33. The molecule has 0 bridgehead atoms. The minimum Gasteiger partial charge on any atom is -0.354 e. The summed E-state index contributed by atoms with van der Waals surface area (Å²) in [7, 11) is -4.10. The number of halogens is 1. The molecule has 0 aliphatic heterocycles. The molecule has 0 saturated heterocycles. The van der Waals surface area contributed by atoms with Crippen molar-refractivity contribution in [1.29, 1.82) is 0 Å². The minimum atomic E-state index is -4.10. The van der Waals surface area contributed by atoms with Crippen LogP contribution in [0.3, 0.4) is 0 Å². The number of aryl methyl sites for hydroxylation is 2. The Kier molecular flexibility index (Phi) is 10.5. The summed E-state index contributed by atoms with van der Waals surface area (Å²) in [6.45, 7) is 7.44. The van der Waals surface area contributed by atoms with Crippen LogP contribution in [0, 0.1) is 13.8 Å². The molecule has 3 aromatic rings. The van der Waals surface area contributed by atoms with Gasteiger partial charge >= 0.3 is 0 Å². The maximum absolute atomic E-state index is 13.9. The maximum atomic E-state index is 13.9. The standard InChI is InChI=1S/C30H36ClN3O4S/c1-5-6-18-32-30(36)24(4)33(20-25-11-7-8-13-28(25)31)29(35)21-34(26-12-9-10-23(3)19-26)39(37,38)27-16-14-22(2)15-17-27/h7-17,19,24H,5-6,18,20-21H2,1-4H3,(H,32,36)/t24-/m1/s1. The molecule has 208 valence electrons. The monoisotopic (exact) mass is 569 g/mol. The van der Waals surface area contributed by atoms with E-state index in [0.717, 1.165) is 28.3 Å². The number of anilines is 1. The van der Waals surface area contributed by atoms with E-state index in [4.69, 9.17) is 11.6 Å². The van der Waals surface area contributed by atoms with Crippen LogP contribution in [0.2, 0.25) is 5.02 Å². The van der Waals surface area contributed by atoms with Crippen LogP contribution in [0.25, 0.3) is 0 Å². The molecule has 2 amide bonds. The first-order chi connectivity index (χ1) is 18.5. The van der Waals surface area contributed by atoms with Gasteiger partial charge in [0, 0.05) is 18.1 Å². The third-order valence-corrected chi connectivity index (χ3v) is 8.63. The minimum absolute atomic E-state index is 0.0487. The lowest BCUT2D eigenvalue weighted by atomic mass is 10.1. The molecule has 0 radical (unpaired) electrons. The molecule has 7 nitrogen and oxygen atoms in total. The van der Waals surface area contributed by atoms with Gasteiger partial charge in [-0.1, -0.05) is 73.0 Å². The highest BCUT2D eigenvalue weighted by Crippen LogP contribution is 2.26. The summed E-state index contributed by atoms with van der Waals surface area (Å²) in [5.41, 5.74) is 2.78. The predicted molar refractivity (Wildman–Crippen MR) is 156 cm³/mol. The van der Waals surface area contributed by atoms with Gasteiger partial charge in [0.05, 0.1) is 10.6 Å². The second kappa shape index (κ2) is 13.6. The van der Waals surface area contributed by atoms with Crippen molar-refractivity contribution >= 4 is 39.1 Å². The van der Waals surface area contributed by atoms with Gasteiger partial charge in [-0.25, -0.2) is 8.42 Å². The number of amides is 2. The fourth-order valence-corrected chi connectivity index (χ4v) is 5.68. The van der Waals surface area contributed by atoms with Crippen LogP contribution in [-0.4, -0.2) is 44.3 Å². The van der Waals surface area contributed by atoms with Gasteiger partial charge in [-0.3, -0.25) is 13.9 Å². The predicted octanol–water partition coefficient (Wildman–Crippen LogP) is 5.49. The molecule has 0 aromatic heterocycles. The van der Waals surface area contributed by atoms with E-state index in [0.29, 0.717) is 22.8 Å². The molecule has 39 heavy (non-hydrogen) atoms. The Bertz CT molecular complexity index is 1390. The first-order valence-corrected chi connectivity index (χ1v) is 14.8. The zero-order chi connectivity index (χ0) is 28.6. The molecule has 0 aliphatic rings. The van der Waals surface area contributed by atoms with Crippen LogP contribution in [0.5, 0.6) is 0 Å². The van der Waals surface area contributed by atoms with Crippen molar-refractivity contribution < 1.29 is 18.0 Å². The van der Waals surface area contributed by atoms with Gasteiger partial charge in [0.1, 0.15) is 12.6 Å². The Morgan fingerprint density at radius 3 is 2.28 bits per heavy atom. The number of sulfonamides is 1. The van der Waals surface area contributed by atoms with Crippen molar-refractivity contribution in [2.45, 2.75) is 58.0 Å². The van der Waals surface area contributed by atoms with Crippen LogP contribution < -0.4 is 9.62 Å². The average Bonchev–Trinajstić information content (AvgIpc) is 2.91. The SMILES string of the molecule is CCCCNC(=O)[C@@H](C)N(Cc1ccccc1Cl)C(=O)CN(c1cccc(C)c1)S(=O)(=O)c1ccc(C)cc1. The highest BCUT2D eigenvalue weighted by molar-refractivity contribution is 7.92. The second-order valence-electron chi connectivity index (χ2n) is 9.60. The highest BCUT2D eigenvalue weighted by atomic mass is 35.5. The van der Waals surface area contributed by atoms with Crippen LogP contribution in [0.1, 0.15) is 43.4 Å². The van der Waals surface area contributed by atoms with Crippen molar-refractivity contribution in [2.24, 2.45) is 0 Å². The molecule has 9 heteroatoms. The molecule has 0 spiro atoms. The third-order valence-electron chi connectivity index (χ3n) is 6.47. The van der Waals surface area contributed by atoms with Gasteiger partial charge < -0.3 is 10.2 Å². The molecule has 3 rings (SSSR count). The van der Waals surface area contributed by atoms with Gasteiger partial charge in [0.2, 0.25) is 11.8 Å². The van der Waals surface area contributed by atoms with Crippen LogP contribution in [-0.2, 0) is 26.2 Å². The first-order valence-electron chi connectivity index (χ1n) is 13.0. The number of nitrogens with zero attached hydrogens (tertiary/aromatic N) is 2. The number of benzene rings is 3. The molecule has 3 aromatic carbocycles. The molecule has 0 aliphatic carbocycles. The smallest absolute Gasteiger partial charge is 0.264 e. The van der Waals surface area contributed by atoms with Crippen LogP contribution in [0.15, 0.2) is 77.7 Å². The summed E-state index contributed by atoms with van der Waals surface area (Å²) < 4.78 is 28.8. The number of nitrogens with one attached hydrogen (secondary N) is 1. The lowest BCUT2D eigenvalue weighted by Crippen LogP contribution is -2.51. The van der Waals surface area contributed by atoms with E-state index in [2.05, 4.69) is 5.32 Å². The van der Waals surface area contributed by atoms with Gasteiger partial charge in [-0.2, -0.15) is 0 Å². The molecule has 0 fully saturated rings. The molecule has 0 unspecified atom stereocenters. The summed E-state index contributed by atoms with van der Waals surface area (Å²) in [5.74, 6) is -0.836. The Balaban J connectivity index is 2.01. The maximum Gasteiger partial charge on any atom is 0.264 e. The summed E-state index contributed by atoms with van der Waals surface area (Å²) in [6.07, 6.45) is 1.73. The number of carbonyl (C=O) groups excluding carboxylic acids is 2. The Morgan fingerprint density at radius 1 is 0.949 bits per heavy atom. The fraction of sp³-hybridized carbons (Fsp3) is 0.333. The molecule has 0 heterocycles. The van der Waals surface area contributed by atoms with Crippen molar-refractivity contribution in [3.05, 3.63) is 94.5 Å². The number of unbranched alkanes of at least 4 members (excludes halogenated alkanes) is 1. The fourth-order valence-electron chi connectivity index (χ4n) is 4.08. The number of rotatable bonds is 12. The summed E-state index contributed by atoms with van der Waals surface area (Å²) in [6, 6.07) is 19.7. The Hall–Kier alpha value is -3.36. The normalized spacial score (nSPS) is 12.0. The molecular formula is C30H36ClN3O4S. The quantitative estimate of drug-likeness (QED) is 0.292. The van der Waals surface area contributed by atoms with Crippen molar-refractivity contribution in [3.8, 4) is 0 Å². The van der Waals surface area contributed by atoms with E-state index in [1.807, 2.05) is 26.8 Å². The number of hydrogen-bond acceptors (Lipinski definition) is 4. The van der Waals surface area contributed by atoms with E-state index in [9.17, 15) is 18.0 Å². The largest absolute Gasteiger partial charge is 0.354 e. The van der Waals surface area contributed by atoms with Crippen LogP contribution >= 0.6 is 11.6 Å². The Morgan fingerprint density at radius 2 is 1.64 bits per heavy atom. The lowest BCUT2D eigenvalue weighted by Gasteiger charge is -2.32. The van der Waals surface area contributed by atoms with E-state index < -0.39 is 28.5 Å². The number of carbonyl (C=O) groups is 2. The summed E-state index contributed by atoms with van der Waals surface area (Å²) in [4.78, 5) is 28.4. The van der Waals surface area contributed by atoms with Gasteiger partial charge in [-0.15, -0.1) is 0 Å². The van der Waals surface area contributed by atoms with Crippen LogP contribution in [0.4, 0.5) is 5.69 Å². The lowest BCUT2D eigenvalue weighted by molar-refractivity contribution is -0.139. The number of hydrogen-bond donors (Lipinski definition) is 1. The summed E-state index contributed by atoms with van der Waals surface area (Å²) >= 11 is 6.40. The van der Waals surface area contributed by atoms with E-state index >= 15 is 0 Å².